The third-order valence-corrected chi connectivity index (χ3v) is 2.59. The number of hydrogen-bond acceptors (Lipinski definition) is 3. The maximum Gasteiger partial charge on any atom is 0.417 e. The number of likely N-dealkylation sites (N-methyl/N-ethyl adjacent to an activating group) is 1. The summed E-state index contributed by atoms with van der Waals surface area (Å²) >= 11 is 0. The molecule has 0 spiro atoms. The standard InChI is InChI=1S/C10H10F3N3O2/c1-15-5-8(17)16(9(15)18)7-3-2-6(4-14-7)10(11,12)13/h2-4,8,17H,5H2,1H3. The van der Waals surface area contributed by atoms with E-state index in [0.717, 1.165) is 17.0 Å². The van der Waals surface area contributed by atoms with E-state index < -0.39 is 24.0 Å². The molecular weight excluding hydrogens is 251 g/mol. The zero-order valence-electron chi connectivity index (χ0n) is 9.35. The molecule has 98 valence electrons. The Morgan fingerprint density at radius 3 is 2.50 bits per heavy atom. The Balaban J connectivity index is 2.28. The van der Waals surface area contributed by atoms with Crippen molar-refractivity contribution in [2.24, 2.45) is 0 Å². The largest absolute Gasteiger partial charge is 0.417 e. The average Bonchev–Trinajstić information content (AvgIpc) is 2.52. The van der Waals surface area contributed by atoms with Crippen LogP contribution in [0.25, 0.3) is 0 Å². The van der Waals surface area contributed by atoms with E-state index in [4.69, 9.17) is 0 Å². The van der Waals surface area contributed by atoms with Crippen LogP contribution in [0.4, 0.5) is 23.8 Å². The smallest absolute Gasteiger partial charge is 0.371 e. The molecule has 1 aromatic heterocycles. The number of halogens is 3. The molecule has 0 radical (unpaired) electrons. The molecule has 18 heavy (non-hydrogen) atoms. The van der Waals surface area contributed by atoms with E-state index in [2.05, 4.69) is 4.98 Å². The van der Waals surface area contributed by atoms with Crippen LogP contribution < -0.4 is 4.90 Å². The first-order valence-corrected chi connectivity index (χ1v) is 5.06. The van der Waals surface area contributed by atoms with Gasteiger partial charge in [0.05, 0.1) is 12.1 Å². The van der Waals surface area contributed by atoms with Gasteiger partial charge in [-0.25, -0.2) is 14.7 Å². The molecule has 2 heterocycles. The van der Waals surface area contributed by atoms with Gasteiger partial charge >= 0.3 is 12.2 Å². The van der Waals surface area contributed by atoms with Gasteiger partial charge in [-0.05, 0) is 12.1 Å². The van der Waals surface area contributed by atoms with E-state index in [0.29, 0.717) is 6.20 Å². The first kappa shape index (κ1) is 12.6. The van der Waals surface area contributed by atoms with E-state index in [-0.39, 0.29) is 12.4 Å². The van der Waals surface area contributed by atoms with Gasteiger partial charge in [-0.3, -0.25) is 0 Å². The molecule has 1 saturated heterocycles. The van der Waals surface area contributed by atoms with Crippen LogP contribution in [0.5, 0.6) is 0 Å². The Kier molecular flexibility index (Phi) is 2.89. The number of aliphatic hydroxyl groups excluding tert-OH is 1. The Hall–Kier alpha value is -1.83. The molecule has 1 atom stereocenters. The summed E-state index contributed by atoms with van der Waals surface area (Å²) in [6, 6.07) is 1.37. The highest BCUT2D eigenvalue weighted by atomic mass is 19.4. The van der Waals surface area contributed by atoms with Crippen molar-refractivity contribution < 1.29 is 23.1 Å². The van der Waals surface area contributed by atoms with E-state index in [1.165, 1.54) is 11.9 Å². The first-order chi connectivity index (χ1) is 8.30. The number of urea groups is 1. The Morgan fingerprint density at radius 1 is 1.44 bits per heavy atom. The van der Waals surface area contributed by atoms with Crippen molar-refractivity contribution in [3.05, 3.63) is 23.9 Å². The molecule has 2 rings (SSSR count). The van der Waals surface area contributed by atoms with Crippen LogP contribution >= 0.6 is 0 Å². The molecule has 1 aromatic rings. The summed E-state index contributed by atoms with van der Waals surface area (Å²) in [5.74, 6) is -0.00940. The van der Waals surface area contributed by atoms with Gasteiger partial charge in [-0.2, -0.15) is 13.2 Å². The summed E-state index contributed by atoms with van der Waals surface area (Å²) in [5, 5.41) is 9.61. The highest BCUT2D eigenvalue weighted by Gasteiger charge is 2.36. The van der Waals surface area contributed by atoms with Crippen molar-refractivity contribution in [1.82, 2.24) is 9.88 Å². The van der Waals surface area contributed by atoms with Crippen LogP contribution in [0.2, 0.25) is 0 Å². The van der Waals surface area contributed by atoms with Crippen molar-refractivity contribution in [3.63, 3.8) is 0 Å². The van der Waals surface area contributed by atoms with E-state index in [1.54, 1.807) is 0 Å². The Labute approximate surface area is 100 Å². The van der Waals surface area contributed by atoms with Crippen molar-refractivity contribution in [3.8, 4) is 0 Å². The predicted octanol–water partition coefficient (Wildman–Crippen LogP) is 1.29. The van der Waals surface area contributed by atoms with Crippen LogP contribution in [0.3, 0.4) is 0 Å². The molecule has 0 aliphatic carbocycles. The topological polar surface area (TPSA) is 56.7 Å². The molecule has 8 heteroatoms. The first-order valence-electron chi connectivity index (χ1n) is 5.06. The number of anilines is 1. The Bertz CT molecular complexity index is 460. The SMILES string of the molecule is CN1CC(O)N(c2ccc(C(F)(F)F)cn2)C1=O. The number of nitrogens with zero attached hydrogens (tertiary/aromatic N) is 3. The molecule has 1 fully saturated rings. The molecule has 0 bridgehead atoms. The highest BCUT2D eigenvalue weighted by Crippen LogP contribution is 2.30. The lowest BCUT2D eigenvalue weighted by Gasteiger charge is -2.18. The minimum atomic E-state index is -4.48. The molecule has 2 amide bonds. The number of alkyl halides is 3. The van der Waals surface area contributed by atoms with Crippen molar-refractivity contribution >= 4 is 11.8 Å². The molecule has 1 N–H and O–H groups in total. The quantitative estimate of drug-likeness (QED) is 0.828. The number of β-amino-alcohol motifs (C(OH)–C–C–N with tert-alkyl or cyclic N) is 1. The van der Waals surface area contributed by atoms with Crippen LogP contribution in [-0.4, -0.2) is 40.8 Å². The number of aromatic nitrogens is 1. The lowest BCUT2D eigenvalue weighted by Crippen LogP contribution is -2.34. The predicted molar refractivity (Wildman–Crippen MR) is 55.8 cm³/mol. The number of pyridine rings is 1. The monoisotopic (exact) mass is 261 g/mol. The van der Waals surface area contributed by atoms with Gasteiger partial charge in [0.25, 0.3) is 0 Å². The van der Waals surface area contributed by atoms with Crippen molar-refractivity contribution in [1.29, 1.82) is 0 Å². The van der Waals surface area contributed by atoms with Gasteiger partial charge in [0.15, 0.2) is 6.23 Å². The number of amides is 2. The van der Waals surface area contributed by atoms with Gasteiger partial charge in [0, 0.05) is 13.2 Å². The van der Waals surface area contributed by atoms with E-state index >= 15 is 0 Å². The number of carbonyl (C=O) groups excluding carboxylic acids is 1. The van der Waals surface area contributed by atoms with Gasteiger partial charge in [0.2, 0.25) is 0 Å². The second kappa shape index (κ2) is 4.13. The fourth-order valence-electron chi connectivity index (χ4n) is 1.66. The number of aliphatic hydroxyl groups is 1. The summed E-state index contributed by atoms with van der Waals surface area (Å²) in [5.41, 5.74) is -0.902. The average molecular weight is 261 g/mol. The third-order valence-electron chi connectivity index (χ3n) is 2.59. The van der Waals surface area contributed by atoms with Crippen molar-refractivity contribution in [2.45, 2.75) is 12.4 Å². The molecular formula is C10H10F3N3O2. The molecule has 0 aromatic carbocycles. The minimum absolute atomic E-state index is 0.00940. The summed E-state index contributed by atoms with van der Waals surface area (Å²) in [7, 11) is 1.48. The normalized spacial score (nSPS) is 20.7. The van der Waals surface area contributed by atoms with Gasteiger partial charge in [-0.1, -0.05) is 0 Å². The lowest BCUT2D eigenvalue weighted by molar-refractivity contribution is -0.137. The zero-order chi connectivity index (χ0) is 13.5. The second-order valence-electron chi connectivity index (χ2n) is 3.92. The number of hydrogen-bond donors (Lipinski definition) is 1. The summed E-state index contributed by atoms with van der Waals surface area (Å²) in [6.07, 6.45) is -4.95. The maximum atomic E-state index is 12.3. The number of carbonyl (C=O) groups is 1. The maximum absolute atomic E-state index is 12.3. The molecule has 1 aliphatic heterocycles. The third kappa shape index (κ3) is 2.10. The van der Waals surface area contributed by atoms with Crippen LogP contribution in [0.1, 0.15) is 5.56 Å². The van der Waals surface area contributed by atoms with E-state index in [1.807, 2.05) is 0 Å². The Morgan fingerprint density at radius 2 is 2.11 bits per heavy atom. The minimum Gasteiger partial charge on any atom is -0.371 e. The van der Waals surface area contributed by atoms with Gasteiger partial charge in [0.1, 0.15) is 5.82 Å². The van der Waals surface area contributed by atoms with Crippen LogP contribution in [-0.2, 0) is 6.18 Å². The highest BCUT2D eigenvalue weighted by molar-refractivity contribution is 5.93. The summed E-state index contributed by atoms with van der Waals surface area (Å²) < 4.78 is 37.0. The van der Waals surface area contributed by atoms with E-state index in [9.17, 15) is 23.1 Å². The summed E-state index contributed by atoms with van der Waals surface area (Å²) in [6.45, 7) is 0.0849. The lowest BCUT2D eigenvalue weighted by atomic mass is 10.2. The van der Waals surface area contributed by atoms with Crippen LogP contribution in [0.15, 0.2) is 18.3 Å². The van der Waals surface area contributed by atoms with Gasteiger partial charge in [-0.15, -0.1) is 0 Å². The summed E-state index contributed by atoms with van der Waals surface area (Å²) in [4.78, 5) is 17.4. The molecule has 5 nitrogen and oxygen atoms in total. The molecule has 1 aliphatic rings. The van der Waals surface area contributed by atoms with Gasteiger partial charge < -0.3 is 10.0 Å². The van der Waals surface area contributed by atoms with Crippen molar-refractivity contribution in [2.75, 3.05) is 18.5 Å². The fourth-order valence-corrected chi connectivity index (χ4v) is 1.66. The molecule has 0 saturated carbocycles. The van der Waals surface area contributed by atoms with Crippen LogP contribution in [0, 0.1) is 0 Å². The number of rotatable bonds is 1. The molecule has 1 unspecified atom stereocenters. The second-order valence-corrected chi connectivity index (χ2v) is 3.92. The fraction of sp³-hybridized carbons (Fsp3) is 0.400. The zero-order valence-corrected chi connectivity index (χ0v) is 9.35.